The van der Waals surface area contributed by atoms with Gasteiger partial charge in [-0.25, -0.2) is 4.98 Å². The highest BCUT2D eigenvalue weighted by Gasteiger charge is 2.15. The number of allylic oxidation sites excluding steroid dienone is 1. The minimum absolute atomic E-state index is 0.275. The van der Waals surface area contributed by atoms with Crippen LogP contribution < -0.4 is 4.74 Å². The lowest BCUT2D eigenvalue weighted by Gasteiger charge is -2.05. The fourth-order valence-electron chi connectivity index (χ4n) is 3.08. The maximum absolute atomic E-state index is 9.61. The first-order chi connectivity index (χ1) is 13.6. The second-order valence-corrected chi connectivity index (χ2v) is 8.09. The van der Waals surface area contributed by atoms with E-state index < -0.39 is 0 Å². The first kappa shape index (κ1) is 19.0. The molecule has 7 heteroatoms. The van der Waals surface area contributed by atoms with Crippen LogP contribution in [0.25, 0.3) is 11.4 Å². The van der Waals surface area contributed by atoms with Gasteiger partial charge in [0.2, 0.25) is 0 Å². The average molecular weight is 503 g/mol. The van der Waals surface area contributed by atoms with Gasteiger partial charge in [-0.3, -0.25) is 4.99 Å². The molecule has 0 atom stereocenters. The fourth-order valence-corrected chi connectivity index (χ4v) is 3.77. The molecule has 0 saturated carbocycles. The van der Waals surface area contributed by atoms with Gasteiger partial charge < -0.3 is 14.4 Å². The summed E-state index contributed by atoms with van der Waals surface area (Å²) in [7, 11) is 0. The predicted octanol–water partition coefficient (Wildman–Crippen LogP) is 5.57. The molecule has 2 aliphatic heterocycles. The number of halogens is 2. The number of ether oxygens (including phenoxy) is 1. The summed E-state index contributed by atoms with van der Waals surface area (Å²) in [6.07, 6.45) is 8.34. The molecule has 1 aromatic heterocycles. The van der Waals surface area contributed by atoms with Crippen LogP contribution >= 0.6 is 31.9 Å². The number of aromatic nitrogens is 2. The Kier molecular flexibility index (Phi) is 5.64. The quantitative estimate of drug-likeness (QED) is 0.473. The van der Waals surface area contributed by atoms with Crippen molar-refractivity contribution in [2.45, 2.75) is 13.0 Å². The van der Waals surface area contributed by atoms with Crippen molar-refractivity contribution >= 4 is 37.6 Å². The lowest BCUT2D eigenvalue weighted by atomic mass is 10.1. The average Bonchev–Trinajstić information content (AvgIpc) is 3.32. The molecule has 28 heavy (non-hydrogen) atoms. The van der Waals surface area contributed by atoms with E-state index in [9.17, 15) is 5.11 Å². The van der Waals surface area contributed by atoms with Crippen molar-refractivity contribution in [2.75, 3.05) is 6.61 Å². The van der Waals surface area contributed by atoms with Crippen LogP contribution in [0.4, 0.5) is 0 Å². The van der Waals surface area contributed by atoms with Gasteiger partial charge in [0.1, 0.15) is 23.9 Å². The lowest BCUT2D eigenvalue weighted by molar-refractivity contribution is 0.306. The molecule has 0 aliphatic carbocycles. The van der Waals surface area contributed by atoms with Crippen molar-refractivity contribution in [3.05, 3.63) is 75.6 Å². The number of rotatable bonds is 1. The summed E-state index contributed by atoms with van der Waals surface area (Å²) in [4.78, 5) is 8.51. The first-order valence-corrected chi connectivity index (χ1v) is 10.3. The van der Waals surface area contributed by atoms with E-state index in [4.69, 9.17) is 4.74 Å². The summed E-state index contributed by atoms with van der Waals surface area (Å²) in [5.41, 5.74) is 2.79. The Bertz CT molecular complexity index is 1070. The molecule has 3 aromatic rings. The maximum atomic E-state index is 9.61. The molecule has 1 N–H and O–H groups in total. The molecule has 5 rings (SSSR count). The number of phenolic OH excluding ortho intramolecular Hbond substituents is 1. The molecule has 3 heterocycles. The Morgan fingerprint density at radius 1 is 1.04 bits per heavy atom. The van der Waals surface area contributed by atoms with E-state index in [1.54, 1.807) is 12.3 Å². The van der Waals surface area contributed by atoms with Crippen LogP contribution in [0.1, 0.15) is 12.0 Å². The van der Waals surface area contributed by atoms with Crippen LogP contribution in [-0.2, 0) is 6.54 Å². The number of nitrogens with zero attached hydrogens (tertiary/aromatic N) is 3. The molecular formula is C21H17Br2N3O2. The number of hydrogen-bond acceptors (Lipinski definition) is 4. The molecule has 0 bridgehead atoms. The minimum Gasteiger partial charge on any atom is -0.507 e. The zero-order chi connectivity index (χ0) is 19.5. The van der Waals surface area contributed by atoms with Crippen LogP contribution in [0.2, 0.25) is 0 Å². The van der Waals surface area contributed by atoms with Crippen molar-refractivity contribution in [3.63, 3.8) is 0 Å². The van der Waals surface area contributed by atoms with E-state index in [1.165, 1.54) is 0 Å². The normalized spacial score (nSPS) is 14.1. The smallest absolute Gasteiger partial charge is 0.143 e. The lowest BCUT2D eigenvalue weighted by Crippen LogP contribution is -2.04. The predicted molar refractivity (Wildman–Crippen MR) is 117 cm³/mol. The number of aliphatic imine (C=N–C) groups is 1. The topological polar surface area (TPSA) is 59.6 Å². The molecule has 0 spiro atoms. The summed E-state index contributed by atoms with van der Waals surface area (Å²) in [5.74, 6) is 2.15. The summed E-state index contributed by atoms with van der Waals surface area (Å²) in [6, 6.07) is 11.5. The zero-order valence-electron chi connectivity index (χ0n) is 14.8. The molecule has 0 fully saturated rings. The van der Waals surface area contributed by atoms with Crippen molar-refractivity contribution < 1.29 is 9.84 Å². The number of fused-ring (bicyclic) bond motifs is 3. The highest BCUT2D eigenvalue weighted by Crippen LogP contribution is 2.33. The Balaban J connectivity index is 0.000000139. The van der Waals surface area contributed by atoms with Gasteiger partial charge in [-0.2, -0.15) is 0 Å². The number of hydrogen-bond donors (Lipinski definition) is 1. The maximum Gasteiger partial charge on any atom is 0.143 e. The Labute approximate surface area is 179 Å². The van der Waals surface area contributed by atoms with Crippen molar-refractivity contribution in [3.8, 4) is 22.9 Å². The van der Waals surface area contributed by atoms with Gasteiger partial charge in [0.15, 0.2) is 0 Å². The van der Waals surface area contributed by atoms with Crippen molar-refractivity contribution in [1.29, 1.82) is 0 Å². The molecule has 0 radical (unpaired) electrons. The third kappa shape index (κ3) is 4.05. The van der Waals surface area contributed by atoms with E-state index in [2.05, 4.69) is 46.4 Å². The number of benzene rings is 2. The highest BCUT2D eigenvalue weighted by molar-refractivity contribution is 9.10. The number of phenols is 1. The third-order valence-electron chi connectivity index (χ3n) is 4.41. The molecule has 0 saturated heterocycles. The van der Waals surface area contributed by atoms with Gasteiger partial charge >= 0.3 is 0 Å². The monoisotopic (exact) mass is 501 g/mol. The van der Waals surface area contributed by atoms with E-state index in [1.807, 2.05) is 48.8 Å². The molecule has 0 amide bonds. The first-order valence-electron chi connectivity index (χ1n) is 8.76. The van der Waals surface area contributed by atoms with Crippen LogP contribution in [0.15, 0.2) is 75.0 Å². The highest BCUT2D eigenvalue weighted by atomic mass is 79.9. The molecule has 0 unspecified atom stereocenters. The molecule has 2 aliphatic rings. The largest absolute Gasteiger partial charge is 0.507 e. The van der Waals surface area contributed by atoms with Crippen LogP contribution in [0.5, 0.6) is 11.5 Å². The van der Waals surface area contributed by atoms with Crippen LogP contribution in [0.3, 0.4) is 0 Å². The zero-order valence-corrected chi connectivity index (χ0v) is 18.0. The number of imidazole rings is 1. The molecule has 142 valence electrons. The summed E-state index contributed by atoms with van der Waals surface area (Å²) in [5, 5.41) is 9.61. The second-order valence-electron chi connectivity index (χ2n) is 6.26. The van der Waals surface area contributed by atoms with E-state index in [0.29, 0.717) is 6.61 Å². The Morgan fingerprint density at radius 3 is 2.57 bits per heavy atom. The van der Waals surface area contributed by atoms with Gasteiger partial charge in [0.05, 0.1) is 17.8 Å². The molecular weight excluding hydrogens is 486 g/mol. The van der Waals surface area contributed by atoms with Gasteiger partial charge in [-0.05, 0) is 36.4 Å². The SMILES string of the molecule is Brc1ccc2c(c1)OCCn1ccnc1-2.Oc1cc(Br)ccc1C1=NC=CC1. The van der Waals surface area contributed by atoms with E-state index in [-0.39, 0.29) is 5.75 Å². The van der Waals surface area contributed by atoms with Crippen molar-refractivity contribution in [1.82, 2.24) is 9.55 Å². The summed E-state index contributed by atoms with van der Waals surface area (Å²) in [6.45, 7) is 1.54. The summed E-state index contributed by atoms with van der Waals surface area (Å²) >= 11 is 6.73. The van der Waals surface area contributed by atoms with Gasteiger partial charge in [0.25, 0.3) is 0 Å². The van der Waals surface area contributed by atoms with Crippen LogP contribution in [-0.4, -0.2) is 27.0 Å². The van der Waals surface area contributed by atoms with E-state index >= 15 is 0 Å². The Hall–Kier alpha value is -2.38. The number of aromatic hydroxyl groups is 1. The van der Waals surface area contributed by atoms with Gasteiger partial charge in [-0.1, -0.05) is 37.9 Å². The van der Waals surface area contributed by atoms with E-state index in [0.717, 1.165) is 50.3 Å². The molecule has 5 nitrogen and oxygen atoms in total. The standard InChI is InChI=1S/C11H9BrN2O.C10H8BrNO/c12-8-1-2-9-10(7-8)15-6-5-14-4-3-13-11(9)14;11-7-3-4-8(10(13)6-7)9-2-1-5-12-9/h1-4,7H,5-6H2;1,3-6,13H,2H2. The van der Waals surface area contributed by atoms with Gasteiger partial charge in [0, 0.05) is 39.5 Å². The summed E-state index contributed by atoms with van der Waals surface area (Å²) < 4.78 is 9.69. The van der Waals surface area contributed by atoms with Crippen molar-refractivity contribution in [2.24, 2.45) is 4.99 Å². The second kappa shape index (κ2) is 8.32. The van der Waals surface area contributed by atoms with Crippen LogP contribution in [0, 0.1) is 0 Å². The molecule has 2 aromatic carbocycles. The van der Waals surface area contributed by atoms with Gasteiger partial charge in [-0.15, -0.1) is 0 Å². The Morgan fingerprint density at radius 2 is 1.82 bits per heavy atom. The fraction of sp³-hybridized carbons (Fsp3) is 0.143. The minimum atomic E-state index is 0.275. The third-order valence-corrected chi connectivity index (χ3v) is 5.39.